The standard InChI is InChI=1S/C30H27N5O3/c1-16-12-17(2)31-29-26(16)32-28(20-9-10-20)35(29)14-19-8-11-22-21(13-19)15-37-24-7-5-4-6-23(24)25(22)18(3)27-33-30(36)38-34-27/h4-8,11-13,20H,9-10,14-15H2,1-3H3,(H,33,34,36)/b25-18-. The first kappa shape index (κ1) is 22.7. The number of imidazole rings is 1. The van der Waals surface area contributed by atoms with Crippen LogP contribution in [0.3, 0.4) is 0 Å². The van der Waals surface area contributed by atoms with Crippen molar-refractivity contribution >= 4 is 22.3 Å². The summed E-state index contributed by atoms with van der Waals surface area (Å²) in [7, 11) is 0. The molecule has 2 aromatic carbocycles. The van der Waals surface area contributed by atoms with Gasteiger partial charge in [-0.15, -0.1) is 0 Å². The Labute approximate surface area is 219 Å². The molecular weight excluding hydrogens is 478 g/mol. The van der Waals surface area contributed by atoms with E-state index in [1.807, 2.05) is 38.1 Å². The van der Waals surface area contributed by atoms with Crippen molar-refractivity contribution in [3.8, 4) is 5.75 Å². The van der Waals surface area contributed by atoms with Gasteiger partial charge in [-0.3, -0.25) is 9.51 Å². The molecule has 190 valence electrons. The minimum atomic E-state index is -0.577. The van der Waals surface area contributed by atoms with E-state index in [9.17, 15) is 4.79 Å². The third-order valence-electron chi connectivity index (χ3n) is 7.48. The Balaban J connectivity index is 1.36. The third kappa shape index (κ3) is 3.75. The minimum Gasteiger partial charge on any atom is -0.488 e. The molecule has 1 N–H and O–H groups in total. The molecular formula is C30H27N5O3. The highest BCUT2D eigenvalue weighted by atomic mass is 16.5. The molecule has 8 heteroatoms. The lowest BCUT2D eigenvalue weighted by molar-refractivity contribution is 0.307. The highest BCUT2D eigenvalue weighted by Gasteiger charge is 2.31. The van der Waals surface area contributed by atoms with Gasteiger partial charge in [0.1, 0.15) is 23.7 Å². The van der Waals surface area contributed by atoms with Gasteiger partial charge in [0.2, 0.25) is 0 Å². The molecule has 5 aromatic rings. The Morgan fingerprint density at radius 3 is 2.71 bits per heavy atom. The SMILES string of the molecule is C/C(=C1\c2ccc(Cn3c(C4CC4)nc4c(C)cc(C)nc43)cc2COc2ccccc21)c1noc(=O)[nH]1. The second-order valence-corrected chi connectivity index (χ2v) is 10.3. The monoisotopic (exact) mass is 505 g/mol. The summed E-state index contributed by atoms with van der Waals surface area (Å²) in [6.07, 6.45) is 2.35. The molecule has 2 aliphatic rings. The Morgan fingerprint density at radius 1 is 1.08 bits per heavy atom. The van der Waals surface area contributed by atoms with E-state index in [1.165, 1.54) is 12.8 Å². The van der Waals surface area contributed by atoms with Crippen molar-refractivity contribution in [2.45, 2.75) is 52.7 Å². The molecule has 3 aromatic heterocycles. The fourth-order valence-electron chi connectivity index (χ4n) is 5.53. The predicted octanol–water partition coefficient (Wildman–Crippen LogP) is 5.52. The van der Waals surface area contributed by atoms with Gasteiger partial charge in [0.05, 0.1) is 6.54 Å². The Hall–Kier alpha value is -4.46. The quantitative estimate of drug-likeness (QED) is 0.345. The van der Waals surface area contributed by atoms with Gasteiger partial charge in [0.15, 0.2) is 11.5 Å². The van der Waals surface area contributed by atoms with E-state index in [0.29, 0.717) is 24.9 Å². The first-order valence-corrected chi connectivity index (χ1v) is 12.9. The summed E-state index contributed by atoms with van der Waals surface area (Å²) in [5, 5.41) is 3.95. The summed E-state index contributed by atoms with van der Waals surface area (Å²) < 4.78 is 13.4. The summed E-state index contributed by atoms with van der Waals surface area (Å²) >= 11 is 0. The number of pyridine rings is 1. The van der Waals surface area contributed by atoms with Crippen LogP contribution in [-0.4, -0.2) is 24.7 Å². The maximum absolute atomic E-state index is 11.7. The number of benzene rings is 2. The number of fused-ring (bicyclic) bond motifs is 3. The summed E-state index contributed by atoms with van der Waals surface area (Å²) in [6, 6.07) is 16.6. The average Bonchev–Trinajstić information content (AvgIpc) is 3.59. The van der Waals surface area contributed by atoms with Gasteiger partial charge in [-0.25, -0.2) is 14.8 Å². The van der Waals surface area contributed by atoms with Crippen LogP contribution in [0.15, 0.2) is 57.8 Å². The zero-order valence-corrected chi connectivity index (χ0v) is 21.5. The van der Waals surface area contributed by atoms with Crippen LogP contribution in [0.2, 0.25) is 0 Å². The van der Waals surface area contributed by atoms with Gasteiger partial charge in [0, 0.05) is 22.7 Å². The molecule has 0 spiro atoms. The Bertz CT molecular complexity index is 1820. The number of nitrogens with one attached hydrogen (secondary N) is 1. The maximum atomic E-state index is 11.7. The second-order valence-electron chi connectivity index (χ2n) is 10.3. The van der Waals surface area contributed by atoms with Crippen molar-refractivity contribution in [3.63, 3.8) is 0 Å². The van der Waals surface area contributed by atoms with Crippen LogP contribution in [0.25, 0.3) is 22.3 Å². The summed E-state index contributed by atoms with van der Waals surface area (Å²) in [6.45, 7) is 7.21. The van der Waals surface area contributed by atoms with Gasteiger partial charge < -0.3 is 9.30 Å². The molecule has 0 bridgehead atoms. The van der Waals surface area contributed by atoms with Crippen LogP contribution in [0.1, 0.15) is 70.8 Å². The van der Waals surface area contributed by atoms with Gasteiger partial charge >= 0.3 is 5.76 Å². The zero-order chi connectivity index (χ0) is 26.0. The van der Waals surface area contributed by atoms with Crippen molar-refractivity contribution in [3.05, 3.63) is 104 Å². The molecule has 1 aliphatic carbocycles. The van der Waals surface area contributed by atoms with Crippen molar-refractivity contribution < 1.29 is 9.26 Å². The average molecular weight is 506 g/mol. The number of para-hydroxylation sites is 1. The molecule has 7 rings (SSSR count). The molecule has 0 saturated heterocycles. The fraction of sp³-hybridized carbons (Fsp3) is 0.267. The number of allylic oxidation sites excluding steroid dienone is 1. The van der Waals surface area contributed by atoms with Crippen LogP contribution >= 0.6 is 0 Å². The number of hydrogen-bond donors (Lipinski definition) is 1. The predicted molar refractivity (Wildman–Crippen MR) is 144 cm³/mol. The highest BCUT2D eigenvalue weighted by Crippen LogP contribution is 2.42. The van der Waals surface area contributed by atoms with Crippen molar-refractivity contribution in [1.82, 2.24) is 24.7 Å². The van der Waals surface area contributed by atoms with Crippen LogP contribution in [-0.2, 0) is 13.2 Å². The minimum absolute atomic E-state index is 0.410. The molecule has 0 unspecified atom stereocenters. The third-order valence-corrected chi connectivity index (χ3v) is 7.48. The molecule has 1 aliphatic heterocycles. The van der Waals surface area contributed by atoms with E-state index in [1.54, 1.807) is 0 Å². The smallest absolute Gasteiger partial charge is 0.439 e. The first-order valence-electron chi connectivity index (χ1n) is 12.9. The largest absolute Gasteiger partial charge is 0.488 e. The van der Waals surface area contributed by atoms with Crippen LogP contribution in [0.4, 0.5) is 0 Å². The lowest BCUT2D eigenvalue weighted by Crippen LogP contribution is -2.07. The number of aromatic amines is 1. The van der Waals surface area contributed by atoms with Gasteiger partial charge in [-0.2, -0.15) is 0 Å². The highest BCUT2D eigenvalue weighted by molar-refractivity contribution is 5.99. The topological polar surface area (TPSA) is 98.8 Å². The van der Waals surface area contributed by atoms with E-state index in [2.05, 4.69) is 45.9 Å². The van der Waals surface area contributed by atoms with E-state index < -0.39 is 5.76 Å². The summed E-state index contributed by atoms with van der Waals surface area (Å²) in [5.74, 6) is 2.26. The molecule has 1 fully saturated rings. The Morgan fingerprint density at radius 2 is 1.92 bits per heavy atom. The van der Waals surface area contributed by atoms with E-state index in [-0.39, 0.29) is 0 Å². The van der Waals surface area contributed by atoms with E-state index in [0.717, 1.165) is 67.4 Å². The number of ether oxygens (including phenoxy) is 1. The molecule has 0 radical (unpaired) electrons. The molecule has 38 heavy (non-hydrogen) atoms. The fourth-order valence-corrected chi connectivity index (χ4v) is 5.53. The number of nitrogens with zero attached hydrogens (tertiary/aromatic N) is 4. The molecule has 1 saturated carbocycles. The molecule has 0 atom stereocenters. The van der Waals surface area contributed by atoms with Crippen molar-refractivity contribution in [2.75, 3.05) is 0 Å². The number of aromatic nitrogens is 5. The Kier molecular flexibility index (Phi) is 5.11. The zero-order valence-electron chi connectivity index (χ0n) is 21.5. The number of aryl methyl sites for hydroxylation is 2. The summed E-state index contributed by atoms with van der Waals surface area (Å²) in [5.41, 5.74) is 10.1. The second kappa shape index (κ2) is 8.55. The molecule has 0 amide bonds. The van der Waals surface area contributed by atoms with Crippen LogP contribution < -0.4 is 10.5 Å². The maximum Gasteiger partial charge on any atom is 0.439 e. The van der Waals surface area contributed by atoms with Crippen LogP contribution in [0.5, 0.6) is 5.75 Å². The number of rotatable bonds is 4. The normalized spacial score (nSPS) is 16.1. The lowest BCUT2D eigenvalue weighted by Gasteiger charge is -2.15. The first-order chi connectivity index (χ1) is 18.5. The van der Waals surface area contributed by atoms with Gasteiger partial charge in [0.25, 0.3) is 0 Å². The van der Waals surface area contributed by atoms with E-state index >= 15 is 0 Å². The molecule has 4 heterocycles. The molecule has 8 nitrogen and oxygen atoms in total. The number of H-pyrrole nitrogens is 1. The van der Waals surface area contributed by atoms with Crippen molar-refractivity contribution in [2.24, 2.45) is 0 Å². The van der Waals surface area contributed by atoms with Gasteiger partial charge in [-0.1, -0.05) is 35.5 Å². The lowest BCUT2D eigenvalue weighted by atomic mass is 9.89. The van der Waals surface area contributed by atoms with Gasteiger partial charge in [-0.05, 0) is 79.6 Å². The van der Waals surface area contributed by atoms with E-state index in [4.69, 9.17) is 19.2 Å². The summed E-state index contributed by atoms with van der Waals surface area (Å²) in [4.78, 5) is 24.3. The van der Waals surface area contributed by atoms with Crippen molar-refractivity contribution in [1.29, 1.82) is 0 Å². The number of hydrogen-bond acceptors (Lipinski definition) is 6. The van der Waals surface area contributed by atoms with Crippen LogP contribution in [0, 0.1) is 13.8 Å².